The minimum absolute atomic E-state index is 0.360. The summed E-state index contributed by atoms with van der Waals surface area (Å²) in [4.78, 5) is 8.68. The average molecular weight is 367 g/mol. The minimum Gasteiger partial charge on any atom is -0.459 e. The van der Waals surface area contributed by atoms with E-state index in [2.05, 4.69) is 23.0 Å². The van der Waals surface area contributed by atoms with E-state index in [0.717, 1.165) is 23.1 Å². The van der Waals surface area contributed by atoms with E-state index in [1.54, 1.807) is 6.20 Å². The standard InChI is InChI=1S/C23H30N2O2/c1-2-3-4-5-6-7-8-12-15-21-16-20-17-24-23(25-22(20)27-21)26-18-19-13-10-9-11-14-19/h9-11,13-14,16-17H,2-8,12,15,18H2,1H3. The van der Waals surface area contributed by atoms with Crippen LogP contribution in [0.3, 0.4) is 0 Å². The van der Waals surface area contributed by atoms with E-state index in [9.17, 15) is 0 Å². The monoisotopic (exact) mass is 366 g/mol. The third-order valence-electron chi connectivity index (χ3n) is 4.79. The van der Waals surface area contributed by atoms with Crippen molar-refractivity contribution in [1.82, 2.24) is 9.97 Å². The molecule has 0 bridgehead atoms. The van der Waals surface area contributed by atoms with E-state index in [4.69, 9.17) is 9.15 Å². The fraction of sp³-hybridized carbons (Fsp3) is 0.478. The summed E-state index contributed by atoms with van der Waals surface area (Å²) in [6.07, 6.45) is 13.3. The molecule has 0 aliphatic rings. The maximum Gasteiger partial charge on any atom is 0.320 e. The number of furan rings is 1. The summed E-state index contributed by atoms with van der Waals surface area (Å²) in [5, 5.41) is 0.941. The SMILES string of the molecule is CCCCCCCCCCc1cc2cnc(OCc3ccccc3)nc2o1. The number of rotatable bonds is 12. The number of aromatic nitrogens is 2. The molecule has 1 aromatic carbocycles. The van der Waals surface area contributed by atoms with Gasteiger partial charge in [0.1, 0.15) is 12.4 Å². The third-order valence-corrected chi connectivity index (χ3v) is 4.79. The normalized spacial score (nSPS) is 11.1. The smallest absolute Gasteiger partial charge is 0.320 e. The van der Waals surface area contributed by atoms with Crippen LogP contribution in [-0.2, 0) is 13.0 Å². The van der Waals surface area contributed by atoms with Crippen LogP contribution in [-0.4, -0.2) is 9.97 Å². The van der Waals surface area contributed by atoms with Crippen LogP contribution in [0.15, 0.2) is 47.0 Å². The van der Waals surface area contributed by atoms with Crippen molar-refractivity contribution in [2.45, 2.75) is 71.3 Å². The number of unbranched alkanes of at least 4 members (excludes halogenated alkanes) is 7. The zero-order chi connectivity index (χ0) is 18.7. The summed E-state index contributed by atoms with van der Waals surface area (Å²) in [6.45, 7) is 2.72. The molecule has 0 atom stereocenters. The molecule has 27 heavy (non-hydrogen) atoms. The molecule has 3 rings (SSSR count). The second-order valence-corrected chi connectivity index (χ2v) is 7.12. The highest BCUT2D eigenvalue weighted by atomic mass is 16.5. The number of nitrogens with zero attached hydrogens (tertiary/aromatic N) is 2. The molecule has 2 heterocycles. The van der Waals surface area contributed by atoms with E-state index in [1.807, 2.05) is 30.3 Å². The van der Waals surface area contributed by atoms with Gasteiger partial charge in [-0.1, -0.05) is 82.2 Å². The van der Waals surface area contributed by atoms with Gasteiger partial charge in [0.25, 0.3) is 0 Å². The molecule has 0 unspecified atom stereocenters. The van der Waals surface area contributed by atoms with E-state index < -0.39 is 0 Å². The number of ether oxygens (including phenoxy) is 1. The fourth-order valence-electron chi connectivity index (χ4n) is 3.22. The highest BCUT2D eigenvalue weighted by Crippen LogP contribution is 2.21. The van der Waals surface area contributed by atoms with E-state index in [0.29, 0.717) is 18.3 Å². The molecule has 144 valence electrons. The molecule has 0 spiro atoms. The van der Waals surface area contributed by atoms with Crippen LogP contribution in [0.2, 0.25) is 0 Å². The Balaban J connectivity index is 1.43. The van der Waals surface area contributed by atoms with Crippen molar-refractivity contribution in [3.63, 3.8) is 0 Å². The van der Waals surface area contributed by atoms with Gasteiger partial charge in [0, 0.05) is 12.6 Å². The summed E-state index contributed by atoms with van der Waals surface area (Å²) in [5.41, 5.74) is 1.71. The van der Waals surface area contributed by atoms with Crippen LogP contribution >= 0.6 is 0 Å². The van der Waals surface area contributed by atoms with Gasteiger partial charge in [0.15, 0.2) is 0 Å². The van der Waals surface area contributed by atoms with Gasteiger partial charge in [-0.3, -0.25) is 0 Å². The molecule has 3 aromatic rings. The summed E-state index contributed by atoms with van der Waals surface area (Å²) >= 11 is 0. The molecule has 2 aromatic heterocycles. The molecule has 0 radical (unpaired) electrons. The van der Waals surface area contributed by atoms with Crippen molar-refractivity contribution in [3.8, 4) is 6.01 Å². The fourth-order valence-corrected chi connectivity index (χ4v) is 3.22. The molecule has 0 saturated heterocycles. The zero-order valence-electron chi connectivity index (χ0n) is 16.3. The molecular weight excluding hydrogens is 336 g/mol. The van der Waals surface area contributed by atoms with E-state index >= 15 is 0 Å². The van der Waals surface area contributed by atoms with Gasteiger partial charge in [-0.25, -0.2) is 4.98 Å². The van der Waals surface area contributed by atoms with Crippen molar-refractivity contribution in [3.05, 3.63) is 53.9 Å². The van der Waals surface area contributed by atoms with Crippen LogP contribution in [0.4, 0.5) is 0 Å². The minimum atomic E-state index is 0.360. The zero-order valence-corrected chi connectivity index (χ0v) is 16.3. The molecule has 0 aliphatic heterocycles. The first-order chi connectivity index (χ1) is 13.3. The maximum absolute atomic E-state index is 5.89. The second-order valence-electron chi connectivity index (χ2n) is 7.12. The predicted molar refractivity (Wildman–Crippen MR) is 109 cm³/mol. The lowest BCUT2D eigenvalue weighted by Crippen LogP contribution is -1.98. The van der Waals surface area contributed by atoms with Crippen molar-refractivity contribution in [2.24, 2.45) is 0 Å². The lowest BCUT2D eigenvalue weighted by molar-refractivity contribution is 0.280. The Morgan fingerprint density at radius 1 is 0.926 bits per heavy atom. The molecule has 0 saturated carbocycles. The first-order valence-corrected chi connectivity index (χ1v) is 10.3. The first kappa shape index (κ1) is 19.4. The molecular formula is C23H30N2O2. The number of benzene rings is 1. The van der Waals surface area contributed by atoms with E-state index in [1.165, 1.54) is 51.4 Å². The van der Waals surface area contributed by atoms with Gasteiger partial charge in [-0.2, -0.15) is 4.98 Å². The number of hydrogen-bond donors (Lipinski definition) is 0. The van der Waals surface area contributed by atoms with Gasteiger partial charge in [-0.15, -0.1) is 0 Å². The Labute approximate surface area is 162 Å². The topological polar surface area (TPSA) is 48.2 Å². The molecule has 0 amide bonds. The van der Waals surface area contributed by atoms with Crippen molar-refractivity contribution in [2.75, 3.05) is 0 Å². The van der Waals surface area contributed by atoms with Gasteiger partial charge in [0.05, 0.1) is 5.39 Å². The van der Waals surface area contributed by atoms with Crippen molar-refractivity contribution in [1.29, 1.82) is 0 Å². The average Bonchev–Trinajstić information content (AvgIpc) is 3.11. The lowest BCUT2D eigenvalue weighted by Gasteiger charge is -2.03. The van der Waals surface area contributed by atoms with Crippen LogP contribution in [0.1, 0.15) is 69.6 Å². The van der Waals surface area contributed by atoms with Crippen LogP contribution in [0, 0.1) is 0 Å². The van der Waals surface area contributed by atoms with Crippen LogP contribution < -0.4 is 4.74 Å². The Morgan fingerprint density at radius 2 is 1.67 bits per heavy atom. The first-order valence-electron chi connectivity index (χ1n) is 10.3. The highest BCUT2D eigenvalue weighted by Gasteiger charge is 2.08. The third kappa shape index (κ3) is 6.38. The number of aryl methyl sites for hydroxylation is 1. The summed E-state index contributed by atoms with van der Waals surface area (Å²) < 4.78 is 11.6. The molecule has 4 heteroatoms. The summed E-state index contributed by atoms with van der Waals surface area (Å²) in [6, 6.07) is 12.4. The molecule has 4 nitrogen and oxygen atoms in total. The summed E-state index contributed by atoms with van der Waals surface area (Å²) in [7, 11) is 0. The van der Waals surface area contributed by atoms with Gasteiger partial charge < -0.3 is 9.15 Å². The van der Waals surface area contributed by atoms with Crippen LogP contribution in [0.5, 0.6) is 6.01 Å². The van der Waals surface area contributed by atoms with Gasteiger partial charge >= 0.3 is 6.01 Å². The molecule has 0 fully saturated rings. The lowest BCUT2D eigenvalue weighted by atomic mass is 10.1. The Kier molecular flexibility index (Phi) is 7.69. The Bertz CT molecular complexity index is 799. The largest absolute Gasteiger partial charge is 0.459 e. The Hall–Kier alpha value is -2.36. The van der Waals surface area contributed by atoms with E-state index in [-0.39, 0.29) is 0 Å². The summed E-state index contributed by atoms with van der Waals surface area (Å²) in [5.74, 6) is 0.991. The van der Waals surface area contributed by atoms with Gasteiger partial charge in [-0.05, 0) is 18.1 Å². The Morgan fingerprint density at radius 3 is 2.44 bits per heavy atom. The predicted octanol–water partition coefficient (Wildman–Crippen LogP) is 6.49. The molecule has 0 aliphatic carbocycles. The quantitative estimate of drug-likeness (QED) is 0.344. The second kappa shape index (κ2) is 10.7. The number of fused-ring (bicyclic) bond motifs is 1. The van der Waals surface area contributed by atoms with Gasteiger partial charge in [0.2, 0.25) is 5.71 Å². The van der Waals surface area contributed by atoms with Crippen molar-refractivity contribution < 1.29 is 9.15 Å². The highest BCUT2D eigenvalue weighted by molar-refractivity contribution is 5.73. The van der Waals surface area contributed by atoms with Crippen LogP contribution in [0.25, 0.3) is 11.1 Å². The van der Waals surface area contributed by atoms with Crippen molar-refractivity contribution >= 4 is 11.1 Å². The molecule has 0 N–H and O–H groups in total. The number of hydrogen-bond acceptors (Lipinski definition) is 4. The maximum atomic E-state index is 5.89.